The van der Waals surface area contributed by atoms with Crippen LogP contribution in [-0.2, 0) is 4.79 Å². The SMILES string of the molecule is Cc1ccc(OCC(=O)Oc2ccc3c(c2)OC(N)=C(C#N)C3c2ccc(Cl)cc2)cc1C. The Balaban J connectivity index is 1.53. The van der Waals surface area contributed by atoms with E-state index in [0.717, 1.165) is 22.3 Å². The highest BCUT2D eigenvalue weighted by atomic mass is 35.5. The van der Waals surface area contributed by atoms with Gasteiger partial charge in [0.1, 0.15) is 28.9 Å². The molecular weight excluding hydrogens is 440 g/mol. The number of allylic oxidation sites excluding steroid dienone is 1. The van der Waals surface area contributed by atoms with Crippen molar-refractivity contribution in [1.29, 1.82) is 5.26 Å². The molecule has 1 atom stereocenters. The molecule has 3 aromatic rings. The van der Waals surface area contributed by atoms with Crippen LogP contribution in [0.1, 0.15) is 28.2 Å². The molecule has 1 heterocycles. The van der Waals surface area contributed by atoms with Crippen LogP contribution in [0.2, 0.25) is 5.02 Å². The minimum atomic E-state index is -0.556. The molecular formula is C26H21ClN2O4. The first kappa shape index (κ1) is 22.3. The first-order valence-electron chi connectivity index (χ1n) is 10.2. The highest BCUT2D eigenvalue weighted by Gasteiger charge is 2.31. The van der Waals surface area contributed by atoms with Gasteiger partial charge in [-0.3, -0.25) is 0 Å². The van der Waals surface area contributed by atoms with Gasteiger partial charge in [0, 0.05) is 16.7 Å². The quantitative estimate of drug-likeness (QED) is 0.417. The molecule has 4 rings (SSSR count). The highest BCUT2D eigenvalue weighted by molar-refractivity contribution is 6.30. The van der Waals surface area contributed by atoms with Gasteiger partial charge in [-0.1, -0.05) is 35.9 Å². The lowest BCUT2D eigenvalue weighted by molar-refractivity contribution is -0.136. The lowest BCUT2D eigenvalue weighted by Crippen LogP contribution is -2.21. The van der Waals surface area contributed by atoms with E-state index in [4.69, 9.17) is 31.5 Å². The van der Waals surface area contributed by atoms with Crippen LogP contribution in [0, 0.1) is 25.2 Å². The minimum absolute atomic E-state index is 0.00602. The van der Waals surface area contributed by atoms with Crippen LogP contribution in [0.25, 0.3) is 0 Å². The lowest BCUT2D eigenvalue weighted by Gasteiger charge is -2.26. The summed E-state index contributed by atoms with van der Waals surface area (Å²) in [7, 11) is 0. The molecule has 1 aliphatic rings. The van der Waals surface area contributed by atoms with Crippen molar-refractivity contribution in [1.82, 2.24) is 0 Å². The van der Waals surface area contributed by atoms with Gasteiger partial charge >= 0.3 is 5.97 Å². The number of ether oxygens (including phenoxy) is 3. The summed E-state index contributed by atoms with van der Waals surface area (Å²) in [6.45, 7) is 3.74. The van der Waals surface area contributed by atoms with Gasteiger partial charge in [0.15, 0.2) is 6.61 Å². The maximum Gasteiger partial charge on any atom is 0.349 e. The van der Waals surface area contributed by atoms with Crippen LogP contribution in [0.3, 0.4) is 0 Å². The average Bonchev–Trinajstić information content (AvgIpc) is 2.79. The second kappa shape index (κ2) is 9.27. The van der Waals surface area contributed by atoms with Gasteiger partial charge in [-0.2, -0.15) is 5.26 Å². The summed E-state index contributed by atoms with van der Waals surface area (Å²) >= 11 is 6.01. The third-order valence-corrected chi connectivity index (χ3v) is 5.71. The molecule has 0 saturated heterocycles. The van der Waals surface area contributed by atoms with Crippen LogP contribution < -0.4 is 19.9 Å². The molecule has 0 aromatic heterocycles. The number of nitriles is 1. The minimum Gasteiger partial charge on any atom is -0.482 e. The third kappa shape index (κ3) is 4.79. The number of fused-ring (bicyclic) bond motifs is 1. The van der Waals surface area contributed by atoms with Gasteiger partial charge in [-0.25, -0.2) is 4.79 Å². The van der Waals surface area contributed by atoms with E-state index in [0.29, 0.717) is 22.1 Å². The fraction of sp³-hybridized carbons (Fsp3) is 0.154. The first-order valence-corrected chi connectivity index (χ1v) is 10.6. The van der Waals surface area contributed by atoms with Crippen molar-refractivity contribution in [2.45, 2.75) is 19.8 Å². The van der Waals surface area contributed by atoms with Crippen molar-refractivity contribution in [2.24, 2.45) is 5.73 Å². The number of halogens is 1. The molecule has 0 spiro atoms. The standard InChI is InChI=1S/C26H21ClN2O4/c1-15-3-8-19(11-16(15)2)31-14-24(30)32-20-9-10-21-23(12-20)33-26(29)22(13-28)25(21)17-4-6-18(27)7-5-17/h3-12,25H,14,29H2,1-2H3. The van der Waals surface area contributed by atoms with Crippen molar-refractivity contribution in [2.75, 3.05) is 6.61 Å². The van der Waals surface area contributed by atoms with Gasteiger partial charge in [0.25, 0.3) is 0 Å². The zero-order valence-electron chi connectivity index (χ0n) is 18.1. The molecule has 2 N–H and O–H groups in total. The molecule has 6 nitrogen and oxygen atoms in total. The number of benzene rings is 3. The van der Waals surface area contributed by atoms with Gasteiger partial charge in [-0.15, -0.1) is 0 Å². The predicted octanol–water partition coefficient (Wildman–Crippen LogP) is 5.16. The normalized spacial score (nSPS) is 14.7. The van der Waals surface area contributed by atoms with Crippen LogP contribution in [0.15, 0.2) is 72.1 Å². The Kier molecular flexibility index (Phi) is 6.25. The Hall–Kier alpha value is -3.95. The zero-order chi connectivity index (χ0) is 23.5. The molecule has 33 heavy (non-hydrogen) atoms. The number of nitrogens with zero attached hydrogens (tertiary/aromatic N) is 1. The molecule has 3 aromatic carbocycles. The molecule has 1 unspecified atom stereocenters. The van der Waals surface area contributed by atoms with Crippen LogP contribution in [0.5, 0.6) is 17.2 Å². The average molecular weight is 461 g/mol. The van der Waals surface area contributed by atoms with E-state index in [1.54, 1.807) is 36.4 Å². The van der Waals surface area contributed by atoms with Gasteiger partial charge < -0.3 is 19.9 Å². The summed E-state index contributed by atoms with van der Waals surface area (Å²) in [5.74, 6) is 0.314. The second-order valence-electron chi connectivity index (χ2n) is 7.68. The Morgan fingerprint density at radius 2 is 1.79 bits per heavy atom. The molecule has 0 aliphatic carbocycles. The molecule has 166 valence electrons. The number of nitrogens with two attached hydrogens (primary N) is 1. The van der Waals surface area contributed by atoms with E-state index in [1.807, 2.05) is 38.1 Å². The Bertz CT molecular complexity index is 1290. The molecule has 7 heteroatoms. The van der Waals surface area contributed by atoms with E-state index in [2.05, 4.69) is 6.07 Å². The van der Waals surface area contributed by atoms with E-state index >= 15 is 0 Å². The zero-order valence-corrected chi connectivity index (χ0v) is 18.8. The second-order valence-corrected chi connectivity index (χ2v) is 8.12. The molecule has 0 saturated carbocycles. The number of carbonyl (C=O) groups excluding carboxylic acids is 1. The summed E-state index contributed by atoms with van der Waals surface area (Å²) in [5, 5.41) is 10.2. The van der Waals surface area contributed by atoms with Crippen LogP contribution in [-0.4, -0.2) is 12.6 Å². The Morgan fingerprint density at radius 3 is 2.48 bits per heavy atom. The summed E-state index contributed by atoms with van der Waals surface area (Å²) in [5.41, 5.74) is 10.1. The number of aryl methyl sites for hydroxylation is 2. The first-order chi connectivity index (χ1) is 15.9. The fourth-order valence-corrected chi connectivity index (χ4v) is 3.73. The summed E-state index contributed by atoms with van der Waals surface area (Å²) in [6, 6.07) is 19.9. The third-order valence-electron chi connectivity index (χ3n) is 5.46. The van der Waals surface area contributed by atoms with E-state index in [9.17, 15) is 10.1 Å². The molecule has 0 amide bonds. The molecule has 0 fully saturated rings. The van der Waals surface area contributed by atoms with Crippen molar-refractivity contribution < 1.29 is 19.0 Å². The van der Waals surface area contributed by atoms with Crippen molar-refractivity contribution in [3.63, 3.8) is 0 Å². The van der Waals surface area contributed by atoms with Gasteiger partial charge in [0.05, 0.1) is 5.92 Å². The smallest absolute Gasteiger partial charge is 0.349 e. The highest BCUT2D eigenvalue weighted by Crippen LogP contribution is 2.43. The van der Waals surface area contributed by atoms with Crippen LogP contribution >= 0.6 is 11.6 Å². The number of esters is 1. The summed E-state index contributed by atoms with van der Waals surface area (Å²) in [6.07, 6.45) is 0. The Labute approximate surface area is 196 Å². The summed E-state index contributed by atoms with van der Waals surface area (Å²) < 4.78 is 16.6. The van der Waals surface area contributed by atoms with Gasteiger partial charge in [-0.05, 0) is 60.9 Å². The maximum atomic E-state index is 12.3. The lowest BCUT2D eigenvalue weighted by atomic mass is 9.83. The maximum absolute atomic E-state index is 12.3. The number of carbonyl (C=O) groups is 1. The van der Waals surface area contributed by atoms with Crippen molar-refractivity contribution in [3.8, 4) is 23.3 Å². The van der Waals surface area contributed by atoms with E-state index in [1.165, 1.54) is 0 Å². The van der Waals surface area contributed by atoms with Crippen molar-refractivity contribution in [3.05, 3.63) is 99.4 Å². The van der Waals surface area contributed by atoms with Gasteiger partial charge in [0.2, 0.25) is 5.88 Å². The number of rotatable bonds is 5. The van der Waals surface area contributed by atoms with Crippen molar-refractivity contribution >= 4 is 17.6 Å². The molecule has 1 aliphatic heterocycles. The molecule has 0 radical (unpaired) electrons. The van der Waals surface area contributed by atoms with E-state index in [-0.39, 0.29) is 18.2 Å². The predicted molar refractivity (Wildman–Crippen MR) is 124 cm³/mol. The number of hydrogen-bond donors (Lipinski definition) is 1. The Morgan fingerprint density at radius 1 is 1.06 bits per heavy atom. The summed E-state index contributed by atoms with van der Waals surface area (Å²) in [4.78, 5) is 12.3. The number of hydrogen-bond acceptors (Lipinski definition) is 6. The molecule has 0 bridgehead atoms. The fourth-order valence-electron chi connectivity index (χ4n) is 3.60. The largest absolute Gasteiger partial charge is 0.482 e. The topological polar surface area (TPSA) is 94.6 Å². The monoisotopic (exact) mass is 460 g/mol. The van der Waals surface area contributed by atoms with Crippen LogP contribution in [0.4, 0.5) is 0 Å². The van der Waals surface area contributed by atoms with E-state index < -0.39 is 11.9 Å².